The van der Waals surface area contributed by atoms with Crippen molar-refractivity contribution in [1.82, 2.24) is 0 Å². The zero-order valence-corrected chi connectivity index (χ0v) is 11.7. The molecule has 0 spiro atoms. The zero-order valence-electron chi connectivity index (χ0n) is 11.7. The maximum atomic E-state index is 9.57. The smallest absolute Gasteiger partial charge is 0.127 e. The first kappa shape index (κ1) is 14.1. The van der Waals surface area contributed by atoms with Crippen LogP contribution in [0.15, 0.2) is 30.3 Å². The molecule has 0 bridgehead atoms. The first-order valence-electron chi connectivity index (χ1n) is 7.40. The van der Waals surface area contributed by atoms with Crippen molar-refractivity contribution in [2.24, 2.45) is 5.92 Å². The fourth-order valence-corrected chi connectivity index (χ4v) is 2.56. The van der Waals surface area contributed by atoms with Gasteiger partial charge in [0.25, 0.3) is 0 Å². The molecule has 0 aliphatic carbocycles. The van der Waals surface area contributed by atoms with Crippen molar-refractivity contribution in [3.63, 3.8) is 0 Å². The maximum Gasteiger partial charge on any atom is 0.127 e. The summed E-state index contributed by atoms with van der Waals surface area (Å²) in [6, 6.07) is 8.06. The van der Waals surface area contributed by atoms with Gasteiger partial charge in [0.1, 0.15) is 11.9 Å². The normalized spacial score (nSPS) is 18.7. The lowest BCUT2D eigenvalue weighted by molar-refractivity contribution is 0.108. The minimum atomic E-state index is 0.0153. The van der Waals surface area contributed by atoms with Crippen LogP contribution in [0, 0.1) is 5.92 Å². The Bertz CT molecular complexity index is 411. The van der Waals surface area contributed by atoms with Crippen molar-refractivity contribution in [1.29, 1.82) is 0 Å². The Morgan fingerprint density at radius 2 is 2.05 bits per heavy atom. The van der Waals surface area contributed by atoms with Crippen molar-refractivity contribution < 1.29 is 9.84 Å². The molecule has 2 atom stereocenters. The molecule has 2 unspecified atom stereocenters. The SMILES string of the molecule is CCCCCCC(CO)C1C=Cc2ccccc2O1. The van der Waals surface area contributed by atoms with Gasteiger partial charge in [-0.25, -0.2) is 0 Å². The van der Waals surface area contributed by atoms with Crippen LogP contribution in [-0.4, -0.2) is 17.8 Å². The van der Waals surface area contributed by atoms with E-state index in [1.807, 2.05) is 18.2 Å². The van der Waals surface area contributed by atoms with Gasteiger partial charge in [-0.05, 0) is 18.6 Å². The van der Waals surface area contributed by atoms with E-state index < -0.39 is 0 Å². The number of para-hydroxylation sites is 1. The van der Waals surface area contributed by atoms with Crippen molar-refractivity contribution in [2.75, 3.05) is 6.61 Å². The summed E-state index contributed by atoms with van der Waals surface area (Å²) in [5, 5.41) is 9.57. The summed E-state index contributed by atoms with van der Waals surface area (Å²) in [5.41, 5.74) is 1.13. The molecule has 1 heterocycles. The summed E-state index contributed by atoms with van der Waals surface area (Å²) >= 11 is 0. The van der Waals surface area contributed by atoms with Gasteiger partial charge in [0.2, 0.25) is 0 Å². The predicted octanol–water partition coefficient (Wildman–Crippen LogP) is 4.04. The second kappa shape index (κ2) is 7.34. The van der Waals surface area contributed by atoms with Crippen molar-refractivity contribution in [3.8, 4) is 5.75 Å². The summed E-state index contributed by atoms with van der Waals surface area (Å²) in [4.78, 5) is 0. The first-order valence-corrected chi connectivity index (χ1v) is 7.40. The molecule has 0 fully saturated rings. The van der Waals surface area contributed by atoms with E-state index in [1.165, 1.54) is 25.7 Å². The fourth-order valence-electron chi connectivity index (χ4n) is 2.56. The van der Waals surface area contributed by atoms with Gasteiger partial charge >= 0.3 is 0 Å². The Kier molecular flexibility index (Phi) is 5.46. The molecule has 1 aliphatic rings. The molecule has 0 saturated carbocycles. The second-order valence-corrected chi connectivity index (χ2v) is 5.27. The van der Waals surface area contributed by atoms with Crippen molar-refractivity contribution in [2.45, 2.75) is 45.1 Å². The van der Waals surface area contributed by atoms with Gasteiger partial charge in [0, 0.05) is 18.1 Å². The molecule has 0 amide bonds. The van der Waals surface area contributed by atoms with Gasteiger partial charge in [-0.3, -0.25) is 0 Å². The van der Waals surface area contributed by atoms with E-state index in [1.54, 1.807) is 0 Å². The Hall–Kier alpha value is -1.28. The Morgan fingerprint density at radius 1 is 1.21 bits per heavy atom. The van der Waals surface area contributed by atoms with Gasteiger partial charge in [0.15, 0.2) is 0 Å². The average Bonchev–Trinajstić information content (AvgIpc) is 2.47. The van der Waals surface area contributed by atoms with Gasteiger partial charge in [-0.2, -0.15) is 0 Å². The summed E-state index contributed by atoms with van der Waals surface area (Å²) in [5.74, 6) is 1.14. The van der Waals surface area contributed by atoms with E-state index in [-0.39, 0.29) is 18.6 Å². The van der Waals surface area contributed by atoms with E-state index >= 15 is 0 Å². The average molecular weight is 260 g/mol. The predicted molar refractivity (Wildman–Crippen MR) is 79.2 cm³/mol. The van der Waals surface area contributed by atoms with Crippen LogP contribution in [0.1, 0.15) is 44.6 Å². The number of fused-ring (bicyclic) bond motifs is 1. The Morgan fingerprint density at radius 3 is 2.84 bits per heavy atom. The number of aliphatic hydroxyl groups is 1. The summed E-state index contributed by atoms with van der Waals surface area (Å²) < 4.78 is 6.00. The van der Waals surface area contributed by atoms with Crippen LogP contribution in [0.3, 0.4) is 0 Å². The summed E-state index contributed by atoms with van der Waals surface area (Å²) in [6.07, 6.45) is 10.2. The molecular formula is C17H24O2. The maximum absolute atomic E-state index is 9.57. The number of rotatable bonds is 7. The largest absolute Gasteiger partial charge is 0.485 e. The van der Waals surface area contributed by atoms with Crippen LogP contribution in [0.2, 0.25) is 0 Å². The van der Waals surface area contributed by atoms with E-state index in [0.717, 1.165) is 17.7 Å². The molecule has 2 rings (SSSR count). The number of hydrogen-bond acceptors (Lipinski definition) is 2. The lowest BCUT2D eigenvalue weighted by Crippen LogP contribution is -2.29. The molecule has 1 aromatic carbocycles. The molecule has 2 heteroatoms. The van der Waals surface area contributed by atoms with Gasteiger partial charge in [-0.15, -0.1) is 0 Å². The van der Waals surface area contributed by atoms with E-state index in [4.69, 9.17) is 4.74 Å². The van der Waals surface area contributed by atoms with Crippen LogP contribution < -0.4 is 4.74 Å². The zero-order chi connectivity index (χ0) is 13.5. The number of hydrogen-bond donors (Lipinski definition) is 1. The lowest BCUT2D eigenvalue weighted by Gasteiger charge is -2.27. The van der Waals surface area contributed by atoms with E-state index in [0.29, 0.717) is 0 Å². The topological polar surface area (TPSA) is 29.5 Å². The Balaban J connectivity index is 1.91. The highest BCUT2D eigenvalue weighted by atomic mass is 16.5. The molecule has 0 radical (unpaired) electrons. The quantitative estimate of drug-likeness (QED) is 0.750. The first-order chi connectivity index (χ1) is 9.35. The molecule has 0 aromatic heterocycles. The summed E-state index contributed by atoms with van der Waals surface area (Å²) in [6.45, 7) is 2.41. The minimum Gasteiger partial charge on any atom is -0.485 e. The van der Waals surface area contributed by atoms with Gasteiger partial charge in [-0.1, -0.05) is 56.9 Å². The fraction of sp³-hybridized carbons (Fsp3) is 0.529. The third-order valence-electron chi connectivity index (χ3n) is 3.78. The third kappa shape index (κ3) is 3.84. The molecular weight excluding hydrogens is 236 g/mol. The monoisotopic (exact) mass is 260 g/mol. The van der Waals surface area contributed by atoms with Crippen LogP contribution in [0.25, 0.3) is 6.08 Å². The van der Waals surface area contributed by atoms with Crippen LogP contribution in [-0.2, 0) is 0 Å². The number of benzene rings is 1. The van der Waals surface area contributed by atoms with E-state index in [2.05, 4.69) is 25.1 Å². The van der Waals surface area contributed by atoms with Gasteiger partial charge in [0.05, 0.1) is 0 Å². The van der Waals surface area contributed by atoms with Crippen LogP contribution >= 0.6 is 0 Å². The molecule has 2 nitrogen and oxygen atoms in total. The third-order valence-corrected chi connectivity index (χ3v) is 3.78. The van der Waals surface area contributed by atoms with Crippen LogP contribution in [0.5, 0.6) is 5.75 Å². The highest BCUT2D eigenvalue weighted by Gasteiger charge is 2.23. The standard InChI is InChI=1S/C17H24O2/c1-2-3-4-5-9-15(13-18)17-12-11-14-8-6-7-10-16(14)19-17/h6-8,10-12,15,17-18H,2-5,9,13H2,1H3. The van der Waals surface area contributed by atoms with Crippen molar-refractivity contribution in [3.05, 3.63) is 35.9 Å². The minimum absolute atomic E-state index is 0.0153. The molecule has 1 aliphatic heterocycles. The van der Waals surface area contributed by atoms with Gasteiger partial charge < -0.3 is 9.84 Å². The number of unbranched alkanes of at least 4 members (excludes halogenated alkanes) is 3. The molecule has 104 valence electrons. The number of ether oxygens (including phenoxy) is 1. The highest BCUT2D eigenvalue weighted by molar-refractivity contribution is 5.59. The Labute approximate surface area is 116 Å². The molecule has 0 saturated heterocycles. The second-order valence-electron chi connectivity index (χ2n) is 5.27. The van der Waals surface area contributed by atoms with Crippen molar-refractivity contribution >= 4 is 6.08 Å². The molecule has 19 heavy (non-hydrogen) atoms. The highest BCUT2D eigenvalue weighted by Crippen LogP contribution is 2.29. The van der Waals surface area contributed by atoms with E-state index in [9.17, 15) is 5.11 Å². The lowest BCUT2D eigenvalue weighted by atomic mass is 9.93. The molecule has 1 N–H and O–H groups in total. The molecule has 1 aromatic rings. The summed E-state index contributed by atoms with van der Waals surface area (Å²) in [7, 11) is 0. The van der Waals surface area contributed by atoms with Crippen LogP contribution in [0.4, 0.5) is 0 Å². The number of aliphatic hydroxyl groups excluding tert-OH is 1.